The van der Waals surface area contributed by atoms with E-state index in [-0.39, 0.29) is 6.10 Å². The first-order valence-electron chi connectivity index (χ1n) is 6.64. The molecule has 18 heavy (non-hydrogen) atoms. The van der Waals surface area contributed by atoms with Crippen LogP contribution in [0.5, 0.6) is 0 Å². The van der Waals surface area contributed by atoms with E-state index >= 15 is 0 Å². The third kappa shape index (κ3) is 3.33. The molecule has 0 aromatic heterocycles. The third-order valence-electron chi connectivity index (χ3n) is 3.38. The van der Waals surface area contributed by atoms with Gasteiger partial charge in [0, 0.05) is 0 Å². The van der Waals surface area contributed by atoms with Crippen LogP contribution in [0.15, 0.2) is 24.3 Å². The fourth-order valence-electron chi connectivity index (χ4n) is 2.15. The number of hydrogen-bond acceptors (Lipinski definition) is 3. The van der Waals surface area contributed by atoms with Crippen molar-refractivity contribution in [1.82, 2.24) is 0 Å². The average molecular weight is 248 g/mol. The summed E-state index contributed by atoms with van der Waals surface area (Å²) in [6.07, 6.45) is 4.37. The predicted octanol–water partition coefficient (Wildman–Crippen LogP) is 3.84. The van der Waals surface area contributed by atoms with Crippen LogP contribution < -0.4 is 0 Å². The first-order chi connectivity index (χ1) is 8.66. The Balaban J connectivity index is 1.87. The Morgan fingerprint density at radius 1 is 1.17 bits per heavy atom. The van der Waals surface area contributed by atoms with Gasteiger partial charge in [-0.2, -0.15) is 4.89 Å². The lowest BCUT2D eigenvalue weighted by Crippen LogP contribution is -2.13. The summed E-state index contributed by atoms with van der Waals surface area (Å²) in [4.78, 5) is 21.8. The summed E-state index contributed by atoms with van der Waals surface area (Å²) >= 11 is 0. The number of carbonyl (C=O) groups excluding carboxylic acids is 1. The van der Waals surface area contributed by atoms with Gasteiger partial charge in [0.1, 0.15) is 6.10 Å². The Kier molecular flexibility index (Phi) is 4.37. The fourth-order valence-corrected chi connectivity index (χ4v) is 2.15. The van der Waals surface area contributed by atoms with E-state index < -0.39 is 5.97 Å². The Morgan fingerprint density at radius 3 is 2.33 bits per heavy atom. The van der Waals surface area contributed by atoms with Crippen molar-refractivity contribution in [3.63, 3.8) is 0 Å². The van der Waals surface area contributed by atoms with Gasteiger partial charge < -0.3 is 0 Å². The van der Waals surface area contributed by atoms with Crippen LogP contribution in [-0.4, -0.2) is 12.1 Å². The maximum Gasteiger partial charge on any atom is 0.373 e. The highest BCUT2D eigenvalue weighted by molar-refractivity contribution is 5.88. The molecular formula is C15H20O3. The van der Waals surface area contributed by atoms with Crippen LogP contribution in [0.1, 0.15) is 61.4 Å². The highest BCUT2D eigenvalue weighted by atomic mass is 17.2. The molecule has 0 bridgehead atoms. The SMILES string of the molecule is CC(C)c1ccc(C(=O)OOC2CCCC2)cc1. The van der Waals surface area contributed by atoms with Gasteiger partial charge in [0.05, 0.1) is 5.56 Å². The smallest absolute Gasteiger partial charge is 0.293 e. The maximum atomic E-state index is 11.7. The van der Waals surface area contributed by atoms with Gasteiger partial charge in [-0.3, -0.25) is 4.89 Å². The van der Waals surface area contributed by atoms with E-state index in [0.717, 1.165) is 25.7 Å². The van der Waals surface area contributed by atoms with Crippen LogP contribution in [0.3, 0.4) is 0 Å². The number of carbonyl (C=O) groups is 1. The maximum absolute atomic E-state index is 11.7. The molecule has 3 nitrogen and oxygen atoms in total. The second-order valence-electron chi connectivity index (χ2n) is 5.15. The summed E-state index contributed by atoms with van der Waals surface area (Å²) in [7, 11) is 0. The number of hydrogen-bond donors (Lipinski definition) is 0. The van der Waals surface area contributed by atoms with Crippen molar-refractivity contribution in [1.29, 1.82) is 0 Å². The third-order valence-corrected chi connectivity index (χ3v) is 3.38. The molecule has 2 rings (SSSR count). The van der Waals surface area contributed by atoms with Crippen molar-refractivity contribution in [2.45, 2.75) is 51.6 Å². The normalized spacial score (nSPS) is 16.2. The van der Waals surface area contributed by atoms with Gasteiger partial charge in [0.2, 0.25) is 0 Å². The van der Waals surface area contributed by atoms with Gasteiger partial charge in [0.15, 0.2) is 0 Å². The molecule has 1 aliphatic carbocycles. The van der Waals surface area contributed by atoms with Crippen LogP contribution >= 0.6 is 0 Å². The molecule has 1 aromatic carbocycles. The van der Waals surface area contributed by atoms with Crippen LogP contribution in [0, 0.1) is 0 Å². The van der Waals surface area contributed by atoms with Gasteiger partial charge in [-0.15, -0.1) is 0 Å². The lowest BCUT2D eigenvalue weighted by Gasteiger charge is -2.09. The quantitative estimate of drug-likeness (QED) is 0.600. The van der Waals surface area contributed by atoms with Crippen molar-refractivity contribution in [2.75, 3.05) is 0 Å². The predicted molar refractivity (Wildman–Crippen MR) is 69.3 cm³/mol. The van der Waals surface area contributed by atoms with E-state index in [1.165, 1.54) is 5.56 Å². The lowest BCUT2D eigenvalue weighted by molar-refractivity contribution is -0.272. The van der Waals surface area contributed by atoms with Crippen molar-refractivity contribution in [3.05, 3.63) is 35.4 Å². The van der Waals surface area contributed by atoms with Gasteiger partial charge in [-0.25, -0.2) is 4.79 Å². The second kappa shape index (κ2) is 6.01. The summed E-state index contributed by atoms with van der Waals surface area (Å²) in [6.45, 7) is 4.24. The zero-order chi connectivity index (χ0) is 13.0. The molecule has 1 aromatic rings. The molecule has 0 radical (unpaired) electrons. The molecule has 0 amide bonds. The molecule has 0 heterocycles. The summed E-state index contributed by atoms with van der Waals surface area (Å²) < 4.78 is 0. The Bertz CT molecular complexity index is 389. The van der Waals surface area contributed by atoms with E-state index in [1.807, 2.05) is 12.1 Å². The molecule has 0 spiro atoms. The topological polar surface area (TPSA) is 35.5 Å². The summed E-state index contributed by atoms with van der Waals surface area (Å²) in [6, 6.07) is 7.49. The minimum Gasteiger partial charge on any atom is -0.293 e. The van der Waals surface area contributed by atoms with E-state index in [9.17, 15) is 4.79 Å². The van der Waals surface area contributed by atoms with Crippen molar-refractivity contribution in [3.8, 4) is 0 Å². The lowest BCUT2D eigenvalue weighted by atomic mass is 10.0. The molecule has 3 heteroatoms. The Morgan fingerprint density at radius 2 is 1.78 bits per heavy atom. The Hall–Kier alpha value is -1.35. The first-order valence-corrected chi connectivity index (χ1v) is 6.64. The van der Waals surface area contributed by atoms with E-state index in [2.05, 4.69) is 13.8 Å². The number of rotatable bonds is 4. The van der Waals surface area contributed by atoms with E-state index in [1.54, 1.807) is 12.1 Å². The van der Waals surface area contributed by atoms with Crippen LogP contribution in [0.4, 0.5) is 0 Å². The average Bonchev–Trinajstić information content (AvgIpc) is 2.89. The van der Waals surface area contributed by atoms with Crippen molar-refractivity contribution >= 4 is 5.97 Å². The van der Waals surface area contributed by atoms with E-state index in [4.69, 9.17) is 9.78 Å². The van der Waals surface area contributed by atoms with Crippen molar-refractivity contribution in [2.24, 2.45) is 0 Å². The second-order valence-corrected chi connectivity index (χ2v) is 5.15. The summed E-state index contributed by atoms with van der Waals surface area (Å²) in [5.74, 6) is 0.0574. The monoisotopic (exact) mass is 248 g/mol. The molecule has 1 saturated carbocycles. The summed E-state index contributed by atoms with van der Waals surface area (Å²) in [5.41, 5.74) is 1.75. The highest BCUT2D eigenvalue weighted by Gasteiger charge is 2.19. The van der Waals surface area contributed by atoms with Gasteiger partial charge in [0.25, 0.3) is 0 Å². The standard InChI is InChI=1S/C15H20O3/c1-11(2)12-7-9-13(10-8-12)15(16)18-17-14-5-3-4-6-14/h7-11,14H,3-6H2,1-2H3. The van der Waals surface area contributed by atoms with Gasteiger partial charge in [-0.1, -0.05) is 38.8 Å². The molecule has 0 aliphatic heterocycles. The molecular weight excluding hydrogens is 228 g/mol. The zero-order valence-electron chi connectivity index (χ0n) is 11.0. The minimum atomic E-state index is -0.405. The van der Waals surface area contributed by atoms with E-state index in [0.29, 0.717) is 11.5 Å². The molecule has 0 atom stereocenters. The molecule has 98 valence electrons. The number of benzene rings is 1. The summed E-state index contributed by atoms with van der Waals surface area (Å²) in [5, 5.41) is 0. The van der Waals surface area contributed by atoms with Gasteiger partial charge in [-0.05, 0) is 36.5 Å². The largest absolute Gasteiger partial charge is 0.373 e. The molecule has 0 unspecified atom stereocenters. The molecule has 1 fully saturated rings. The minimum absolute atomic E-state index is 0.0869. The fraction of sp³-hybridized carbons (Fsp3) is 0.533. The highest BCUT2D eigenvalue weighted by Crippen LogP contribution is 2.21. The van der Waals surface area contributed by atoms with Crippen LogP contribution in [-0.2, 0) is 9.78 Å². The van der Waals surface area contributed by atoms with Crippen LogP contribution in [0.2, 0.25) is 0 Å². The molecule has 1 aliphatic rings. The van der Waals surface area contributed by atoms with Crippen molar-refractivity contribution < 1.29 is 14.6 Å². The zero-order valence-corrected chi connectivity index (χ0v) is 11.0. The van der Waals surface area contributed by atoms with Crippen LogP contribution in [0.25, 0.3) is 0 Å². The molecule has 0 saturated heterocycles. The Labute approximate surface area is 108 Å². The molecule has 0 N–H and O–H groups in total. The first kappa shape index (κ1) is 13.1. The van der Waals surface area contributed by atoms with Gasteiger partial charge >= 0.3 is 5.97 Å².